The van der Waals surface area contributed by atoms with Gasteiger partial charge in [0.1, 0.15) is 0 Å². The van der Waals surface area contributed by atoms with Gasteiger partial charge >= 0.3 is 0 Å². The lowest BCUT2D eigenvalue weighted by molar-refractivity contribution is -0.705. The highest BCUT2D eigenvalue weighted by Crippen LogP contribution is 2.18. The Balaban J connectivity index is 2.26. The quantitative estimate of drug-likeness (QED) is 0.670. The third-order valence-corrected chi connectivity index (χ3v) is 2.80. The molecule has 2 N–H and O–H groups in total. The third kappa shape index (κ3) is 3.89. The van der Waals surface area contributed by atoms with Gasteiger partial charge in [0.15, 0.2) is 11.3 Å². The summed E-state index contributed by atoms with van der Waals surface area (Å²) in [7, 11) is 0. The maximum absolute atomic E-state index is 11.7. The second-order valence-electron chi connectivity index (χ2n) is 4.65. The van der Waals surface area contributed by atoms with Gasteiger partial charge in [-0.15, -0.1) is 6.42 Å². The normalized spacial score (nSPS) is 15.9. The average molecular weight is 206 g/mol. The van der Waals surface area contributed by atoms with E-state index in [1.807, 2.05) is 13.8 Å². The predicted molar refractivity (Wildman–Crippen MR) is 61.3 cm³/mol. The first kappa shape index (κ1) is 12.0. The minimum absolute atomic E-state index is 0.190. The maximum Gasteiger partial charge on any atom is 0.164 e. The highest BCUT2D eigenvalue weighted by molar-refractivity contribution is 5.95. The molecule has 15 heavy (non-hydrogen) atoms. The number of terminal acetylenes is 1. The molecule has 0 unspecified atom stereocenters. The van der Waals surface area contributed by atoms with Crippen LogP contribution in [-0.2, 0) is 4.79 Å². The van der Waals surface area contributed by atoms with Gasteiger partial charge in [0, 0.05) is 13.8 Å². The van der Waals surface area contributed by atoms with Gasteiger partial charge in [-0.1, -0.05) is 6.08 Å². The molecule has 1 aliphatic rings. The summed E-state index contributed by atoms with van der Waals surface area (Å²) < 4.78 is 0. The van der Waals surface area contributed by atoms with E-state index in [4.69, 9.17) is 6.42 Å². The topological polar surface area (TPSA) is 33.7 Å². The fourth-order valence-electron chi connectivity index (χ4n) is 1.71. The highest BCUT2D eigenvalue weighted by Gasteiger charge is 2.18. The van der Waals surface area contributed by atoms with Crippen LogP contribution in [-0.4, -0.2) is 17.9 Å². The maximum atomic E-state index is 11.7. The summed E-state index contributed by atoms with van der Waals surface area (Å²) in [5.74, 6) is 3.01. The summed E-state index contributed by atoms with van der Waals surface area (Å²) >= 11 is 0. The van der Waals surface area contributed by atoms with E-state index in [9.17, 15) is 4.79 Å². The molecule has 0 saturated heterocycles. The van der Waals surface area contributed by atoms with Crippen LogP contribution in [0, 0.1) is 12.3 Å². The van der Waals surface area contributed by atoms with Crippen molar-refractivity contribution in [3.05, 3.63) is 11.6 Å². The van der Waals surface area contributed by atoms with Crippen molar-refractivity contribution in [2.45, 2.75) is 45.1 Å². The summed E-state index contributed by atoms with van der Waals surface area (Å²) in [5, 5.41) is 2.06. The molecule has 0 bridgehead atoms. The Morgan fingerprint density at radius 1 is 1.67 bits per heavy atom. The first-order valence-corrected chi connectivity index (χ1v) is 5.59. The van der Waals surface area contributed by atoms with Crippen LogP contribution >= 0.6 is 0 Å². The van der Waals surface area contributed by atoms with E-state index in [1.54, 1.807) is 0 Å². The Labute approximate surface area is 92.1 Å². The minimum Gasteiger partial charge on any atom is -0.331 e. The van der Waals surface area contributed by atoms with E-state index in [1.165, 1.54) is 0 Å². The fraction of sp³-hybridized carbons (Fsp3) is 0.615. The largest absolute Gasteiger partial charge is 0.331 e. The van der Waals surface area contributed by atoms with E-state index in [0.29, 0.717) is 12.2 Å². The number of ketones is 1. The molecule has 0 amide bonds. The van der Waals surface area contributed by atoms with Crippen LogP contribution in [0.15, 0.2) is 11.6 Å². The van der Waals surface area contributed by atoms with Gasteiger partial charge in [-0.25, -0.2) is 0 Å². The Morgan fingerprint density at radius 2 is 2.40 bits per heavy atom. The lowest BCUT2D eigenvalue weighted by Crippen LogP contribution is -2.95. The van der Waals surface area contributed by atoms with Crippen LogP contribution < -0.4 is 5.32 Å². The lowest BCUT2D eigenvalue weighted by atomic mass is 10.1. The molecule has 0 heterocycles. The van der Waals surface area contributed by atoms with Crippen molar-refractivity contribution in [3.63, 3.8) is 0 Å². The zero-order valence-electron chi connectivity index (χ0n) is 9.68. The van der Waals surface area contributed by atoms with Crippen LogP contribution in [0.5, 0.6) is 0 Å². The van der Waals surface area contributed by atoms with Crippen LogP contribution in [0.1, 0.15) is 39.5 Å². The van der Waals surface area contributed by atoms with E-state index in [2.05, 4.69) is 17.3 Å². The summed E-state index contributed by atoms with van der Waals surface area (Å²) in [6.07, 6.45) is 11.2. The van der Waals surface area contributed by atoms with Gasteiger partial charge in [-0.2, -0.15) is 0 Å². The standard InChI is InChI=1S/C13H19NO/c1-4-13(2,3)14-10-9-12(15)11-7-5-6-8-11/h1,7,14H,5-6,8-10H2,2-3H3/p+1. The van der Waals surface area contributed by atoms with E-state index in [-0.39, 0.29) is 5.54 Å². The smallest absolute Gasteiger partial charge is 0.164 e. The van der Waals surface area contributed by atoms with Gasteiger partial charge < -0.3 is 5.32 Å². The van der Waals surface area contributed by atoms with Crippen LogP contribution in [0.3, 0.4) is 0 Å². The van der Waals surface area contributed by atoms with Crippen LogP contribution in [0.25, 0.3) is 0 Å². The predicted octanol–water partition coefficient (Wildman–Crippen LogP) is 1.03. The minimum atomic E-state index is -0.190. The average Bonchev–Trinajstić information content (AvgIpc) is 2.70. The van der Waals surface area contributed by atoms with Crippen molar-refractivity contribution < 1.29 is 10.1 Å². The number of nitrogens with two attached hydrogens (primary N) is 1. The number of rotatable bonds is 5. The SMILES string of the molecule is C#CC(C)(C)[NH2+]CCC(=O)C1=CCCC1. The molecule has 0 aromatic heterocycles. The number of allylic oxidation sites excluding steroid dienone is 2. The molecule has 0 fully saturated rings. The van der Waals surface area contributed by atoms with Crippen molar-refractivity contribution in [1.29, 1.82) is 0 Å². The second-order valence-corrected chi connectivity index (χ2v) is 4.65. The molecule has 0 aromatic rings. The van der Waals surface area contributed by atoms with Gasteiger partial charge in [-0.3, -0.25) is 4.79 Å². The summed E-state index contributed by atoms with van der Waals surface area (Å²) in [4.78, 5) is 11.7. The van der Waals surface area contributed by atoms with E-state index >= 15 is 0 Å². The highest BCUT2D eigenvalue weighted by atomic mass is 16.1. The molecule has 82 valence electrons. The first-order chi connectivity index (χ1) is 7.05. The van der Waals surface area contributed by atoms with Gasteiger partial charge in [-0.05, 0) is 30.8 Å². The molecule has 0 spiro atoms. The number of hydrogen-bond acceptors (Lipinski definition) is 1. The lowest BCUT2D eigenvalue weighted by Gasteiger charge is -2.15. The van der Waals surface area contributed by atoms with E-state index in [0.717, 1.165) is 31.4 Å². The number of quaternary nitrogens is 1. The Bertz CT molecular complexity index is 307. The monoisotopic (exact) mass is 206 g/mol. The van der Waals surface area contributed by atoms with Crippen molar-refractivity contribution in [2.75, 3.05) is 6.54 Å². The molecule has 0 radical (unpaired) electrons. The molecule has 0 aliphatic heterocycles. The van der Waals surface area contributed by atoms with Gasteiger partial charge in [0.25, 0.3) is 0 Å². The molecule has 0 aromatic carbocycles. The van der Waals surface area contributed by atoms with Gasteiger partial charge in [0.2, 0.25) is 0 Å². The Kier molecular flexibility index (Phi) is 4.11. The Morgan fingerprint density at radius 3 is 2.93 bits per heavy atom. The number of hydrogen-bond donors (Lipinski definition) is 1. The van der Waals surface area contributed by atoms with Crippen molar-refractivity contribution in [3.8, 4) is 12.3 Å². The molecule has 2 heteroatoms. The summed E-state index contributed by atoms with van der Waals surface area (Å²) in [6, 6.07) is 0. The number of carbonyl (C=O) groups is 1. The third-order valence-electron chi connectivity index (χ3n) is 2.80. The molecule has 1 aliphatic carbocycles. The molecule has 2 nitrogen and oxygen atoms in total. The fourth-order valence-corrected chi connectivity index (χ4v) is 1.71. The van der Waals surface area contributed by atoms with Crippen molar-refractivity contribution >= 4 is 5.78 Å². The summed E-state index contributed by atoms with van der Waals surface area (Å²) in [6.45, 7) is 4.77. The number of carbonyl (C=O) groups excluding carboxylic acids is 1. The second kappa shape index (κ2) is 5.14. The molecule has 1 rings (SSSR count). The Hall–Kier alpha value is -1.07. The van der Waals surface area contributed by atoms with Crippen molar-refractivity contribution in [2.24, 2.45) is 0 Å². The molecular weight excluding hydrogens is 186 g/mol. The van der Waals surface area contributed by atoms with Crippen molar-refractivity contribution in [1.82, 2.24) is 0 Å². The van der Waals surface area contributed by atoms with Crippen LogP contribution in [0.2, 0.25) is 0 Å². The summed E-state index contributed by atoms with van der Waals surface area (Å²) in [5.41, 5.74) is 0.839. The van der Waals surface area contributed by atoms with Gasteiger partial charge in [0.05, 0.1) is 13.0 Å². The first-order valence-electron chi connectivity index (χ1n) is 5.59. The van der Waals surface area contributed by atoms with Crippen LogP contribution in [0.4, 0.5) is 0 Å². The number of Topliss-reactive ketones (excluding diaryl/α,β-unsaturated/α-hetero) is 1. The zero-order valence-corrected chi connectivity index (χ0v) is 9.68. The molecule has 0 atom stereocenters. The molecule has 0 saturated carbocycles. The van der Waals surface area contributed by atoms with E-state index < -0.39 is 0 Å². The molecular formula is C13H20NO+. The zero-order chi connectivity index (χ0) is 11.3.